The Labute approximate surface area is 113 Å². The van der Waals surface area contributed by atoms with Crippen molar-refractivity contribution in [3.63, 3.8) is 0 Å². The van der Waals surface area contributed by atoms with E-state index in [0.29, 0.717) is 30.3 Å². The zero-order valence-corrected chi connectivity index (χ0v) is 11.3. The first-order valence-corrected chi connectivity index (χ1v) is 6.80. The molecule has 4 heteroatoms. The zero-order chi connectivity index (χ0) is 13.5. The van der Waals surface area contributed by atoms with Crippen LogP contribution in [0.15, 0.2) is 18.2 Å². The fraction of sp³-hybridized carbons (Fsp3) is 0.533. The van der Waals surface area contributed by atoms with Gasteiger partial charge in [0.25, 0.3) is 0 Å². The molecule has 1 aliphatic heterocycles. The van der Waals surface area contributed by atoms with E-state index in [1.807, 2.05) is 13.0 Å². The van der Waals surface area contributed by atoms with Gasteiger partial charge in [-0.05, 0) is 38.3 Å². The summed E-state index contributed by atoms with van der Waals surface area (Å²) in [6, 6.07) is 5.33. The number of aldehydes is 1. The van der Waals surface area contributed by atoms with Crippen LogP contribution in [-0.2, 0) is 4.74 Å². The third kappa shape index (κ3) is 3.70. The highest BCUT2D eigenvalue weighted by Crippen LogP contribution is 2.31. The fourth-order valence-electron chi connectivity index (χ4n) is 2.16. The normalized spacial score (nSPS) is 18.9. The minimum atomic E-state index is 0.114. The highest BCUT2D eigenvalue weighted by atomic mass is 16.5. The summed E-state index contributed by atoms with van der Waals surface area (Å²) in [6.45, 7) is 3.70. The maximum Gasteiger partial charge on any atom is 0.171 e. The summed E-state index contributed by atoms with van der Waals surface area (Å²) in [5.74, 6) is 1.14. The van der Waals surface area contributed by atoms with Crippen LogP contribution in [0.5, 0.6) is 11.5 Å². The van der Waals surface area contributed by atoms with Crippen molar-refractivity contribution < 1.29 is 19.0 Å². The van der Waals surface area contributed by atoms with Gasteiger partial charge in [0.15, 0.2) is 17.8 Å². The molecule has 1 aromatic rings. The molecule has 19 heavy (non-hydrogen) atoms. The Morgan fingerprint density at radius 3 is 2.95 bits per heavy atom. The highest BCUT2D eigenvalue weighted by Gasteiger charge is 2.17. The Hall–Kier alpha value is -1.55. The summed E-state index contributed by atoms with van der Waals surface area (Å²) < 4.78 is 16.9. The molecule has 1 atom stereocenters. The third-order valence-corrected chi connectivity index (χ3v) is 3.12. The summed E-state index contributed by atoms with van der Waals surface area (Å²) in [7, 11) is 0. The maximum absolute atomic E-state index is 11.1. The molecular formula is C15H20O4. The van der Waals surface area contributed by atoms with Crippen LogP contribution >= 0.6 is 0 Å². The van der Waals surface area contributed by atoms with Crippen molar-refractivity contribution in [1.29, 1.82) is 0 Å². The molecule has 1 unspecified atom stereocenters. The predicted molar refractivity (Wildman–Crippen MR) is 72.1 cm³/mol. The van der Waals surface area contributed by atoms with Crippen LogP contribution in [0.2, 0.25) is 0 Å². The number of hydrogen-bond donors (Lipinski definition) is 0. The molecule has 104 valence electrons. The lowest BCUT2D eigenvalue weighted by Crippen LogP contribution is -2.26. The van der Waals surface area contributed by atoms with Gasteiger partial charge in [-0.15, -0.1) is 0 Å². The summed E-state index contributed by atoms with van der Waals surface area (Å²) in [4.78, 5) is 11.1. The van der Waals surface area contributed by atoms with Crippen molar-refractivity contribution in [3.8, 4) is 11.5 Å². The Kier molecular flexibility index (Phi) is 5.21. The van der Waals surface area contributed by atoms with Crippen LogP contribution in [0.25, 0.3) is 0 Å². The molecule has 0 amide bonds. The lowest BCUT2D eigenvalue weighted by atomic mass is 10.1. The lowest BCUT2D eigenvalue weighted by Gasteiger charge is -2.23. The van der Waals surface area contributed by atoms with Gasteiger partial charge in [0.1, 0.15) is 6.61 Å². The Bertz CT molecular complexity index is 411. The lowest BCUT2D eigenvalue weighted by molar-refractivity contribution is -0.0116. The standard InChI is InChI=1S/C15H20O4/c1-2-17-14-8-5-6-12(10-16)15(14)19-11-13-7-3-4-9-18-13/h5-6,8,10,13H,2-4,7,9,11H2,1H3. The van der Waals surface area contributed by atoms with Crippen LogP contribution in [0, 0.1) is 0 Å². The molecule has 0 radical (unpaired) electrons. The quantitative estimate of drug-likeness (QED) is 0.741. The molecule has 0 N–H and O–H groups in total. The van der Waals surface area contributed by atoms with Crippen LogP contribution in [0.4, 0.5) is 0 Å². The Balaban J connectivity index is 2.05. The molecule has 0 aliphatic carbocycles. The van der Waals surface area contributed by atoms with Gasteiger partial charge in [-0.3, -0.25) is 4.79 Å². The first kappa shape index (κ1) is 13.9. The Morgan fingerprint density at radius 1 is 1.37 bits per heavy atom. The van der Waals surface area contributed by atoms with Crippen molar-refractivity contribution in [2.24, 2.45) is 0 Å². The summed E-state index contributed by atoms with van der Waals surface area (Å²) in [5.41, 5.74) is 0.516. The van der Waals surface area contributed by atoms with Crippen LogP contribution < -0.4 is 9.47 Å². The topological polar surface area (TPSA) is 44.8 Å². The number of ether oxygens (including phenoxy) is 3. The van der Waals surface area contributed by atoms with Gasteiger partial charge in [0.05, 0.1) is 18.3 Å². The molecule has 1 fully saturated rings. The van der Waals surface area contributed by atoms with Crippen molar-refractivity contribution in [1.82, 2.24) is 0 Å². The first-order valence-electron chi connectivity index (χ1n) is 6.80. The third-order valence-electron chi connectivity index (χ3n) is 3.12. The van der Waals surface area contributed by atoms with Crippen LogP contribution in [0.1, 0.15) is 36.5 Å². The molecule has 1 saturated heterocycles. The maximum atomic E-state index is 11.1. The predicted octanol–water partition coefficient (Wildman–Crippen LogP) is 2.85. The van der Waals surface area contributed by atoms with Gasteiger partial charge in [-0.25, -0.2) is 0 Å². The Morgan fingerprint density at radius 2 is 2.26 bits per heavy atom. The second kappa shape index (κ2) is 7.14. The van der Waals surface area contributed by atoms with E-state index < -0.39 is 0 Å². The molecule has 1 heterocycles. The number of carbonyl (C=O) groups is 1. The molecule has 0 bridgehead atoms. The van der Waals surface area contributed by atoms with E-state index in [1.54, 1.807) is 12.1 Å². The fourth-order valence-corrected chi connectivity index (χ4v) is 2.16. The number of carbonyl (C=O) groups excluding carboxylic acids is 1. The van der Waals surface area contributed by atoms with Gasteiger partial charge in [0.2, 0.25) is 0 Å². The van der Waals surface area contributed by atoms with E-state index in [4.69, 9.17) is 14.2 Å². The summed E-state index contributed by atoms with van der Waals surface area (Å²) in [6.07, 6.45) is 4.20. The second-order valence-corrected chi connectivity index (χ2v) is 4.52. The minimum absolute atomic E-state index is 0.114. The van der Waals surface area contributed by atoms with Gasteiger partial charge in [-0.1, -0.05) is 6.07 Å². The monoisotopic (exact) mass is 264 g/mol. The van der Waals surface area contributed by atoms with E-state index in [1.165, 1.54) is 6.42 Å². The summed E-state index contributed by atoms with van der Waals surface area (Å²) >= 11 is 0. The summed E-state index contributed by atoms with van der Waals surface area (Å²) in [5, 5.41) is 0. The molecule has 4 nitrogen and oxygen atoms in total. The molecule has 0 spiro atoms. The van der Waals surface area contributed by atoms with E-state index in [9.17, 15) is 4.79 Å². The van der Waals surface area contributed by atoms with E-state index >= 15 is 0 Å². The van der Waals surface area contributed by atoms with E-state index in [-0.39, 0.29) is 6.10 Å². The van der Waals surface area contributed by atoms with Crippen molar-refractivity contribution in [2.75, 3.05) is 19.8 Å². The van der Waals surface area contributed by atoms with Crippen molar-refractivity contribution >= 4 is 6.29 Å². The first-order chi connectivity index (χ1) is 9.35. The second-order valence-electron chi connectivity index (χ2n) is 4.52. The van der Waals surface area contributed by atoms with Gasteiger partial charge in [0, 0.05) is 6.61 Å². The SMILES string of the molecule is CCOc1cccc(C=O)c1OCC1CCCCO1. The molecule has 0 aromatic heterocycles. The number of hydrogen-bond acceptors (Lipinski definition) is 4. The van der Waals surface area contributed by atoms with Gasteiger partial charge >= 0.3 is 0 Å². The molecule has 1 aliphatic rings. The number of para-hydroxylation sites is 1. The van der Waals surface area contributed by atoms with Crippen molar-refractivity contribution in [3.05, 3.63) is 23.8 Å². The van der Waals surface area contributed by atoms with Crippen LogP contribution in [0.3, 0.4) is 0 Å². The molecule has 0 saturated carbocycles. The molecular weight excluding hydrogens is 244 g/mol. The van der Waals surface area contributed by atoms with Gasteiger partial charge in [-0.2, -0.15) is 0 Å². The highest BCUT2D eigenvalue weighted by molar-refractivity contribution is 5.81. The smallest absolute Gasteiger partial charge is 0.171 e. The number of rotatable bonds is 6. The van der Waals surface area contributed by atoms with Crippen molar-refractivity contribution in [2.45, 2.75) is 32.3 Å². The van der Waals surface area contributed by atoms with E-state index in [0.717, 1.165) is 25.7 Å². The van der Waals surface area contributed by atoms with E-state index in [2.05, 4.69) is 0 Å². The average molecular weight is 264 g/mol. The van der Waals surface area contributed by atoms with Crippen LogP contribution in [-0.4, -0.2) is 32.2 Å². The molecule has 1 aromatic carbocycles. The largest absolute Gasteiger partial charge is 0.490 e. The minimum Gasteiger partial charge on any atom is -0.490 e. The molecule has 2 rings (SSSR count). The van der Waals surface area contributed by atoms with Gasteiger partial charge < -0.3 is 14.2 Å². The average Bonchev–Trinajstić information content (AvgIpc) is 2.47. The number of benzene rings is 1. The zero-order valence-electron chi connectivity index (χ0n) is 11.3.